The molecule has 0 saturated heterocycles. The predicted octanol–water partition coefficient (Wildman–Crippen LogP) is 4.60. The van der Waals surface area contributed by atoms with Crippen molar-refractivity contribution >= 4 is 23.5 Å². The third kappa shape index (κ3) is 6.88. The zero-order valence-corrected chi connectivity index (χ0v) is 26.5. The number of benzene rings is 1. The van der Waals surface area contributed by atoms with E-state index in [0.29, 0.717) is 23.2 Å². The lowest BCUT2D eigenvalue weighted by molar-refractivity contribution is -0.150. The largest absolute Gasteiger partial charge is 0.441 e. The monoisotopic (exact) mass is 603 g/mol. The van der Waals surface area contributed by atoms with Crippen LogP contribution in [0.5, 0.6) is 0 Å². The molecule has 3 aromatic rings. The Bertz CT molecular complexity index is 1490. The molecule has 0 radical (unpaired) electrons. The van der Waals surface area contributed by atoms with Gasteiger partial charge < -0.3 is 21.1 Å². The second kappa shape index (κ2) is 12.9. The van der Waals surface area contributed by atoms with Gasteiger partial charge in [-0.05, 0) is 101 Å². The van der Waals surface area contributed by atoms with Crippen LogP contribution in [0.4, 0.5) is 5.69 Å². The van der Waals surface area contributed by atoms with Crippen molar-refractivity contribution in [3.63, 3.8) is 0 Å². The minimum Gasteiger partial charge on any atom is -0.441 e. The predicted molar refractivity (Wildman–Crippen MR) is 167 cm³/mol. The fraction of sp³-hybridized carbons (Fsp3) is 0.545. The molecular weight excluding hydrogens is 558 g/mol. The standard InChI is InChI=1S/C33H45N7O4/c1-18(2)29(34)33(43)44-17-39-21(6)27(20(5)38-39)22-11-13-25(14-12-22)36-32(42)30(28(23-7-8-23)24-9-10-24)37-31(41)26-15-16-35-40(26)19(3)4/h11-16,18-19,23-24,28-30H,7-10,17,34H2,1-6H3,(H,36,42)(H,37,41)/t29-,30-/m0/s1. The average Bonchev–Trinajstić information content (AvgIpc) is 3.92. The molecule has 0 aliphatic heterocycles. The lowest BCUT2D eigenvalue weighted by Crippen LogP contribution is -2.50. The summed E-state index contributed by atoms with van der Waals surface area (Å²) in [4.78, 5) is 39.5. The SMILES string of the molecule is Cc1nn(COC(=O)[C@@H](N)C(C)C)c(C)c1-c1ccc(NC(=O)[C@@H](NC(=O)c2ccnn2C(C)C)C(C2CC2)C2CC2)cc1. The second-order valence-electron chi connectivity index (χ2n) is 12.9. The number of ether oxygens (including phenoxy) is 1. The van der Waals surface area contributed by atoms with Crippen molar-refractivity contribution in [3.8, 4) is 11.1 Å². The second-order valence-corrected chi connectivity index (χ2v) is 12.9. The smallest absolute Gasteiger partial charge is 0.324 e. The summed E-state index contributed by atoms with van der Waals surface area (Å²) < 4.78 is 8.74. The number of aromatic nitrogens is 4. The van der Waals surface area contributed by atoms with Crippen LogP contribution in [0.1, 0.15) is 81.3 Å². The van der Waals surface area contributed by atoms with E-state index in [1.165, 1.54) is 0 Å². The number of amides is 2. The third-order valence-corrected chi connectivity index (χ3v) is 8.82. The number of nitrogens with two attached hydrogens (primary N) is 1. The highest BCUT2D eigenvalue weighted by Crippen LogP contribution is 2.51. The fourth-order valence-corrected chi connectivity index (χ4v) is 6.02. The zero-order valence-electron chi connectivity index (χ0n) is 26.5. The molecule has 2 atom stereocenters. The van der Waals surface area contributed by atoms with Crippen LogP contribution < -0.4 is 16.4 Å². The Hall–Kier alpha value is -3.99. The highest BCUT2D eigenvalue weighted by Gasteiger charge is 2.48. The number of nitrogens with one attached hydrogen (secondary N) is 2. The minimum absolute atomic E-state index is 0.0196. The summed E-state index contributed by atoms with van der Waals surface area (Å²) >= 11 is 0. The molecule has 2 aliphatic carbocycles. The number of esters is 1. The van der Waals surface area contributed by atoms with Gasteiger partial charge >= 0.3 is 5.97 Å². The van der Waals surface area contributed by atoms with Crippen molar-refractivity contribution in [2.45, 2.75) is 92.1 Å². The number of anilines is 1. The molecule has 2 saturated carbocycles. The van der Waals surface area contributed by atoms with Crippen LogP contribution in [0.25, 0.3) is 11.1 Å². The first-order valence-electron chi connectivity index (χ1n) is 15.7. The number of aryl methyl sites for hydroxylation is 1. The van der Waals surface area contributed by atoms with Gasteiger partial charge in [-0.3, -0.25) is 19.1 Å². The summed E-state index contributed by atoms with van der Waals surface area (Å²) in [7, 11) is 0. The number of hydrogen-bond donors (Lipinski definition) is 3. The first-order valence-corrected chi connectivity index (χ1v) is 15.7. The van der Waals surface area contributed by atoms with Crippen LogP contribution in [-0.4, -0.2) is 49.4 Å². The van der Waals surface area contributed by atoms with Crippen LogP contribution in [-0.2, 0) is 21.1 Å². The Morgan fingerprint density at radius 3 is 2.20 bits per heavy atom. The summed E-state index contributed by atoms with van der Waals surface area (Å²) in [5, 5.41) is 15.0. The average molecular weight is 604 g/mol. The highest BCUT2D eigenvalue weighted by molar-refractivity contribution is 6.01. The molecule has 44 heavy (non-hydrogen) atoms. The number of nitrogens with zero attached hydrogens (tertiary/aromatic N) is 4. The first-order chi connectivity index (χ1) is 21.0. The van der Waals surface area contributed by atoms with Crippen molar-refractivity contribution in [2.75, 3.05) is 5.32 Å². The molecule has 5 rings (SSSR count). The quantitative estimate of drug-likeness (QED) is 0.242. The van der Waals surface area contributed by atoms with E-state index < -0.39 is 18.1 Å². The summed E-state index contributed by atoms with van der Waals surface area (Å²) in [6, 6.07) is 8.00. The van der Waals surface area contributed by atoms with Gasteiger partial charge in [-0.15, -0.1) is 0 Å². The van der Waals surface area contributed by atoms with E-state index in [0.717, 1.165) is 48.2 Å². The molecule has 2 amide bonds. The summed E-state index contributed by atoms with van der Waals surface area (Å²) in [6.45, 7) is 11.5. The summed E-state index contributed by atoms with van der Waals surface area (Å²) in [5.74, 6) is 0.0725. The van der Waals surface area contributed by atoms with Gasteiger partial charge in [-0.2, -0.15) is 10.2 Å². The van der Waals surface area contributed by atoms with Gasteiger partial charge in [0.2, 0.25) is 5.91 Å². The Kier molecular flexibility index (Phi) is 9.24. The fourth-order valence-electron chi connectivity index (χ4n) is 6.02. The third-order valence-electron chi connectivity index (χ3n) is 8.82. The van der Waals surface area contributed by atoms with Gasteiger partial charge in [0.15, 0.2) is 6.73 Å². The topological polar surface area (TPSA) is 146 Å². The molecule has 2 aromatic heterocycles. The molecule has 236 valence electrons. The van der Waals surface area contributed by atoms with Crippen molar-refractivity contribution in [2.24, 2.45) is 29.4 Å². The first kappa shape index (κ1) is 31.4. The van der Waals surface area contributed by atoms with E-state index in [1.807, 2.05) is 65.8 Å². The molecule has 11 nitrogen and oxygen atoms in total. The number of carbonyl (C=O) groups excluding carboxylic acids is 3. The summed E-state index contributed by atoms with van der Waals surface area (Å²) in [6.07, 6.45) is 5.99. The molecule has 0 unspecified atom stereocenters. The van der Waals surface area contributed by atoms with E-state index >= 15 is 0 Å². The molecule has 4 N–H and O–H groups in total. The van der Waals surface area contributed by atoms with Crippen LogP contribution in [0.2, 0.25) is 0 Å². The van der Waals surface area contributed by atoms with E-state index in [1.54, 1.807) is 21.6 Å². The Balaban J connectivity index is 1.30. The highest BCUT2D eigenvalue weighted by atomic mass is 16.5. The van der Waals surface area contributed by atoms with Crippen LogP contribution in [0, 0.1) is 37.5 Å². The van der Waals surface area contributed by atoms with Crippen LogP contribution >= 0.6 is 0 Å². The number of carbonyl (C=O) groups is 3. The van der Waals surface area contributed by atoms with Gasteiger partial charge in [0.05, 0.1) is 5.69 Å². The van der Waals surface area contributed by atoms with Crippen molar-refractivity contribution in [3.05, 3.63) is 53.6 Å². The maximum absolute atomic E-state index is 13.8. The van der Waals surface area contributed by atoms with Crippen molar-refractivity contribution < 1.29 is 19.1 Å². The maximum atomic E-state index is 13.8. The van der Waals surface area contributed by atoms with Gasteiger partial charge in [0, 0.05) is 29.2 Å². The number of hydrogen-bond acceptors (Lipinski definition) is 7. The molecule has 0 spiro atoms. The van der Waals surface area contributed by atoms with E-state index in [-0.39, 0.29) is 36.4 Å². The van der Waals surface area contributed by atoms with Gasteiger partial charge in [0.25, 0.3) is 5.91 Å². The molecule has 2 aliphatic rings. The molecular formula is C33H45N7O4. The lowest BCUT2D eigenvalue weighted by atomic mass is 9.88. The maximum Gasteiger partial charge on any atom is 0.324 e. The molecule has 2 heterocycles. The number of rotatable bonds is 13. The Labute approximate surface area is 258 Å². The summed E-state index contributed by atoms with van der Waals surface area (Å²) in [5.41, 5.74) is 10.5. The van der Waals surface area contributed by atoms with E-state index in [2.05, 4.69) is 20.8 Å². The van der Waals surface area contributed by atoms with Gasteiger partial charge in [-0.25, -0.2) is 4.68 Å². The van der Waals surface area contributed by atoms with E-state index in [4.69, 9.17) is 10.5 Å². The molecule has 0 bridgehead atoms. The minimum atomic E-state index is -0.686. The Morgan fingerprint density at radius 1 is 1.00 bits per heavy atom. The van der Waals surface area contributed by atoms with Crippen LogP contribution in [0.15, 0.2) is 36.5 Å². The zero-order chi connectivity index (χ0) is 31.7. The molecule has 2 fully saturated rings. The normalized spacial score (nSPS) is 16.3. The molecule has 11 heteroatoms. The van der Waals surface area contributed by atoms with E-state index in [9.17, 15) is 14.4 Å². The Morgan fingerprint density at radius 2 is 1.64 bits per heavy atom. The van der Waals surface area contributed by atoms with Crippen LogP contribution in [0.3, 0.4) is 0 Å². The van der Waals surface area contributed by atoms with Gasteiger partial charge in [0.1, 0.15) is 17.8 Å². The van der Waals surface area contributed by atoms with Crippen molar-refractivity contribution in [1.82, 2.24) is 24.9 Å². The molecule has 1 aromatic carbocycles. The van der Waals surface area contributed by atoms with Crippen molar-refractivity contribution in [1.29, 1.82) is 0 Å². The lowest BCUT2D eigenvalue weighted by Gasteiger charge is -2.28. The van der Waals surface area contributed by atoms with Gasteiger partial charge in [-0.1, -0.05) is 26.0 Å².